The molecule has 0 aliphatic carbocycles. The lowest BCUT2D eigenvalue weighted by Crippen LogP contribution is -2.41. The van der Waals surface area contributed by atoms with E-state index in [1.165, 1.54) is 6.08 Å². The fraction of sp³-hybridized carbons (Fsp3) is 0.323. The van der Waals surface area contributed by atoms with Crippen LogP contribution in [-0.2, 0) is 9.59 Å². The monoisotopic (exact) mass is 1170 g/mol. The fourth-order valence-electron chi connectivity index (χ4n) is 9.99. The van der Waals surface area contributed by atoms with Gasteiger partial charge in [0.2, 0.25) is 23.0 Å². The van der Waals surface area contributed by atoms with Gasteiger partial charge in [0, 0.05) is 95.7 Å². The topological polar surface area (TPSA) is 289 Å². The summed E-state index contributed by atoms with van der Waals surface area (Å²) in [4.78, 5) is 80.0. The van der Waals surface area contributed by atoms with Crippen LogP contribution in [-0.4, -0.2) is 111 Å². The van der Waals surface area contributed by atoms with Crippen molar-refractivity contribution in [2.45, 2.75) is 103 Å². The molecule has 6 heterocycles. The van der Waals surface area contributed by atoms with Gasteiger partial charge < -0.3 is 61.5 Å². The molecule has 85 heavy (non-hydrogen) atoms. The number of imidazole rings is 2. The van der Waals surface area contributed by atoms with Crippen molar-refractivity contribution in [3.8, 4) is 0 Å². The van der Waals surface area contributed by atoms with Gasteiger partial charge in [-0.15, -0.1) is 0 Å². The van der Waals surface area contributed by atoms with Gasteiger partial charge >= 0.3 is 0 Å². The molecule has 9 N–H and O–H groups in total. The number of carbonyl (C=O) groups excluding carboxylic acids is 4. The van der Waals surface area contributed by atoms with Crippen molar-refractivity contribution in [1.82, 2.24) is 39.0 Å². The predicted octanol–water partition coefficient (Wildman–Crippen LogP) is 10.9. The summed E-state index contributed by atoms with van der Waals surface area (Å²) in [5.41, 5.74) is 13.5. The van der Waals surface area contributed by atoms with Gasteiger partial charge in [-0.2, -0.15) is 19.9 Å². The third-order valence-electron chi connectivity index (χ3n) is 14.3. The molecule has 2 fully saturated rings. The molecule has 4 aromatic carbocycles. The van der Waals surface area contributed by atoms with Gasteiger partial charge in [0.15, 0.2) is 34.0 Å². The van der Waals surface area contributed by atoms with Crippen LogP contribution in [0.15, 0.2) is 135 Å². The van der Waals surface area contributed by atoms with Crippen molar-refractivity contribution in [2.24, 2.45) is 0 Å². The molecule has 0 bridgehead atoms. The highest BCUT2D eigenvalue weighted by Gasteiger charge is 2.29. The highest BCUT2D eigenvalue weighted by Crippen LogP contribution is 2.34. The molecule has 2 aliphatic rings. The lowest BCUT2D eigenvalue weighted by atomic mass is 10.0. The van der Waals surface area contributed by atoms with Gasteiger partial charge in [0.25, 0.3) is 11.8 Å². The van der Waals surface area contributed by atoms with Gasteiger partial charge in [-0.1, -0.05) is 25.3 Å². The molecule has 0 spiro atoms. The number of piperidine rings is 2. The first-order chi connectivity index (χ1) is 41.0. The molecule has 22 nitrogen and oxygen atoms in total. The Morgan fingerprint density at radius 1 is 0.600 bits per heavy atom. The van der Waals surface area contributed by atoms with E-state index in [4.69, 9.17) is 37.3 Å². The second-order valence-electron chi connectivity index (χ2n) is 21.0. The summed E-state index contributed by atoms with van der Waals surface area (Å²) < 4.78 is 4.07. The van der Waals surface area contributed by atoms with Crippen molar-refractivity contribution in [3.05, 3.63) is 146 Å². The molecule has 8 aromatic rings. The molecular formula is C62H73ClN16O6. The molecule has 2 atom stereocenters. The number of nitrogens with one attached hydrogen (secondary N) is 5. The minimum Gasteiger partial charge on any atom is -0.399 e. The molecule has 3 amide bonds. The van der Waals surface area contributed by atoms with Crippen LogP contribution >= 0.6 is 11.6 Å². The van der Waals surface area contributed by atoms with Crippen molar-refractivity contribution in [2.75, 3.05) is 68.4 Å². The van der Waals surface area contributed by atoms with Gasteiger partial charge in [0.1, 0.15) is 0 Å². The summed E-state index contributed by atoms with van der Waals surface area (Å²) in [6, 6.07) is 29.0. The highest BCUT2D eigenvalue weighted by atomic mass is 35.5. The second-order valence-corrected chi connectivity index (χ2v) is 21.4. The third-order valence-corrected chi connectivity index (χ3v) is 14.5. The summed E-state index contributed by atoms with van der Waals surface area (Å²) in [7, 11) is 0. The Morgan fingerprint density at radius 2 is 1.02 bits per heavy atom. The quantitative estimate of drug-likeness (QED) is 0.0212. The number of rotatable bonds is 19. The van der Waals surface area contributed by atoms with Crippen LogP contribution in [0.5, 0.6) is 0 Å². The van der Waals surface area contributed by atoms with Crippen LogP contribution in [0.25, 0.3) is 22.3 Å². The maximum Gasteiger partial charge on any atom is 0.255 e. The molecule has 4 aromatic heterocycles. The van der Waals surface area contributed by atoms with Crippen molar-refractivity contribution in [3.63, 3.8) is 0 Å². The molecule has 0 radical (unpaired) electrons. The zero-order valence-electron chi connectivity index (χ0n) is 48.2. The van der Waals surface area contributed by atoms with Crippen LogP contribution < -0.4 is 42.1 Å². The van der Waals surface area contributed by atoms with Crippen LogP contribution in [0, 0.1) is 0 Å². The van der Waals surface area contributed by atoms with E-state index in [1.54, 1.807) is 61.2 Å². The van der Waals surface area contributed by atoms with Gasteiger partial charge in [-0.25, -0.2) is 9.97 Å². The average molecular weight is 1170 g/mol. The van der Waals surface area contributed by atoms with E-state index in [2.05, 4.69) is 87.2 Å². The molecule has 444 valence electrons. The molecule has 2 aliphatic heterocycles. The van der Waals surface area contributed by atoms with Gasteiger partial charge in [-0.05, 0) is 188 Å². The minimum atomic E-state index is -0.509. The van der Waals surface area contributed by atoms with Crippen molar-refractivity contribution >= 4 is 115 Å². The average Bonchev–Trinajstić information content (AvgIpc) is 4.37. The number of nitrogen functional groups attached to an aromatic ring is 1. The first kappa shape index (κ1) is 61.8. The number of fused-ring (bicyclic) bond motifs is 2. The number of nitrogens with two attached hydrogens (primary N) is 1. The maximum atomic E-state index is 12.9. The predicted molar refractivity (Wildman–Crippen MR) is 337 cm³/mol. The Balaban J connectivity index is 0.000000206. The normalized spacial score (nSPS) is 14.8. The zero-order valence-corrected chi connectivity index (χ0v) is 49.0. The summed E-state index contributed by atoms with van der Waals surface area (Å²) in [5, 5.41) is 34.1. The number of aromatic nitrogens is 8. The van der Waals surface area contributed by atoms with Crippen molar-refractivity contribution < 1.29 is 29.4 Å². The number of amides is 3. The number of nitrogens with zero attached hydrogens (tertiary/aromatic N) is 10. The number of hydrogen-bond acceptors (Lipinski definition) is 17. The molecule has 2 saturated heterocycles. The SMILES string of the molecule is C=CC(=O)Cl.C=CC(=O)Nc1ccc(C(=O)Nc2cccc(Nc3nc(N4CCCCC4CCO)nc4c3ncn4C(C)C)c2)cc1.CC(C)n1cnc2c(Nc3cccc(NC(=O)c4ccc(N)cc4)c3)nc(N3CCCCC3CCO)nc21. The van der Waals surface area contributed by atoms with Crippen LogP contribution in [0.3, 0.4) is 0 Å². The first-order valence-electron chi connectivity index (χ1n) is 28.4. The first-order valence-corrected chi connectivity index (χ1v) is 28.8. The Kier molecular flexibility index (Phi) is 21.3. The number of hydrogen-bond donors (Lipinski definition) is 8. The number of carbonyl (C=O) groups is 4. The zero-order chi connectivity index (χ0) is 60.6. The Hall–Kier alpha value is -9.25. The van der Waals surface area contributed by atoms with E-state index >= 15 is 0 Å². The number of halogens is 1. The highest BCUT2D eigenvalue weighted by molar-refractivity contribution is 6.66. The van der Waals surface area contributed by atoms with Crippen LogP contribution in [0.1, 0.15) is 112 Å². The van der Waals surface area contributed by atoms with E-state index < -0.39 is 5.24 Å². The standard InChI is InChI=1S/C31H36N8O3.C28H34N8O2.C3H3ClO/c1-4-26(41)33-22-13-11-21(12-14-22)30(42)35-24-9-7-8-23(18-24)34-28-27-29(39(19-32-27)20(2)3)37-31(36-28)38-16-6-5-10-25(38)15-17-40;1-18(2)36-17-30-24-25(33-28(34-26(24)36)35-14-4-3-8-23(35)13-15-37)31-21-6-5-7-22(16-21)32-27(38)19-9-11-20(29)12-10-19;1-2-3(4)5/h4,7-9,11-14,18-20,25,40H,1,5-6,10,15-17H2,2-3H3,(H,33,41)(H,35,42)(H,34,36,37);5-7,9-12,16-18,23,37H,3-4,8,13-15,29H2,1-2H3,(H,32,38)(H,31,33,34);2H,1H2. The Bertz CT molecular complexity index is 3620. The number of allylic oxidation sites excluding steroid dienone is 1. The molecule has 0 saturated carbocycles. The van der Waals surface area contributed by atoms with Gasteiger partial charge in [0.05, 0.1) is 12.7 Å². The molecule has 2 unspecified atom stereocenters. The van der Waals surface area contributed by atoms with Crippen LogP contribution in [0.2, 0.25) is 0 Å². The largest absolute Gasteiger partial charge is 0.399 e. The summed E-state index contributed by atoms with van der Waals surface area (Å²) in [6.07, 6.45) is 13.5. The van der Waals surface area contributed by atoms with Gasteiger partial charge in [-0.3, -0.25) is 19.2 Å². The van der Waals surface area contributed by atoms with E-state index in [-0.39, 0.29) is 55.1 Å². The van der Waals surface area contributed by atoms with Crippen molar-refractivity contribution in [1.29, 1.82) is 0 Å². The number of aliphatic hydroxyl groups excluding tert-OH is 2. The van der Waals surface area contributed by atoms with E-state index in [0.717, 1.165) is 80.4 Å². The van der Waals surface area contributed by atoms with Crippen LogP contribution in [0.4, 0.5) is 57.7 Å². The third kappa shape index (κ3) is 16.1. The van der Waals surface area contributed by atoms with E-state index in [0.29, 0.717) is 81.3 Å². The lowest BCUT2D eigenvalue weighted by Gasteiger charge is -2.35. The molecule has 23 heteroatoms. The lowest BCUT2D eigenvalue weighted by molar-refractivity contribution is -0.112. The summed E-state index contributed by atoms with van der Waals surface area (Å²) >= 11 is 4.71. The fourth-order valence-corrected chi connectivity index (χ4v) is 9.99. The van der Waals surface area contributed by atoms with E-state index in [1.807, 2.05) is 57.7 Å². The number of aliphatic hydroxyl groups is 2. The second kappa shape index (κ2) is 29.3. The summed E-state index contributed by atoms with van der Waals surface area (Å²) in [6.45, 7) is 16.8. The summed E-state index contributed by atoms with van der Waals surface area (Å²) in [5.74, 6) is 1.60. The smallest absolute Gasteiger partial charge is 0.255 e. The minimum absolute atomic E-state index is 0.118. The molecule has 10 rings (SSSR count). The van der Waals surface area contributed by atoms with E-state index in [9.17, 15) is 29.4 Å². The number of anilines is 10. The Morgan fingerprint density at radius 3 is 1.42 bits per heavy atom. The molecular weight excluding hydrogens is 1100 g/mol. The Labute approximate surface area is 498 Å². The number of benzene rings is 4. The maximum absolute atomic E-state index is 12.9.